The summed E-state index contributed by atoms with van der Waals surface area (Å²) in [6.07, 6.45) is 1.58. The van der Waals surface area contributed by atoms with Gasteiger partial charge in [-0.15, -0.1) is 0 Å². The average molecular weight is 288 g/mol. The quantitative estimate of drug-likeness (QED) is 0.865. The topological polar surface area (TPSA) is 34.4 Å². The molecule has 2 rings (SSSR count). The molecule has 0 radical (unpaired) electrons. The van der Waals surface area contributed by atoms with Crippen LogP contribution in [0.25, 0.3) is 0 Å². The summed E-state index contributed by atoms with van der Waals surface area (Å²) in [7, 11) is 0. The van der Waals surface area contributed by atoms with E-state index >= 15 is 0 Å². The molecule has 1 aromatic carbocycles. The molecule has 1 N–H and O–H groups in total. The molecule has 1 atom stereocenters. The Bertz CT molecular complexity index is 531. The summed E-state index contributed by atoms with van der Waals surface area (Å²) < 4.78 is 33.7. The maximum absolute atomic E-state index is 12.1. The first-order valence-electron chi connectivity index (χ1n) is 5.60. The number of halogens is 3. The monoisotopic (exact) mass is 287 g/mol. The Kier molecular flexibility index (Phi) is 4.27. The lowest BCUT2D eigenvalue weighted by Crippen LogP contribution is -2.06. The van der Waals surface area contributed by atoms with Crippen molar-refractivity contribution in [3.8, 4) is 5.75 Å². The molecule has 2 aromatic rings. The Morgan fingerprint density at radius 1 is 1.32 bits per heavy atom. The SMILES string of the molecule is CC(Nc1ccc(OC(F)F)c(Cl)c1)c1ccco1. The molecule has 0 aliphatic carbocycles. The predicted octanol–water partition coefficient (Wildman–Crippen LogP) is 4.71. The van der Waals surface area contributed by atoms with Crippen molar-refractivity contribution in [3.63, 3.8) is 0 Å². The third-order valence-corrected chi connectivity index (χ3v) is 2.80. The maximum Gasteiger partial charge on any atom is 0.387 e. The van der Waals surface area contributed by atoms with Crippen molar-refractivity contribution in [2.45, 2.75) is 19.6 Å². The first-order valence-corrected chi connectivity index (χ1v) is 5.98. The second-order valence-corrected chi connectivity index (χ2v) is 4.31. The second-order valence-electron chi connectivity index (χ2n) is 3.91. The van der Waals surface area contributed by atoms with E-state index in [1.807, 2.05) is 13.0 Å². The molecule has 0 saturated carbocycles. The van der Waals surface area contributed by atoms with Crippen LogP contribution in [0.2, 0.25) is 5.02 Å². The zero-order valence-corrected chi connectivity index (χ0v) is 10.8. The molecule has 0 fully saturated rings. The lowest BCUT2D eigenvalue weighted by Gasteiger charge is -2.14. The van der Waals surface area contributed by atoms with Gasteiger partial charge in [-0.3, -0.25) is 0 Å². The van der Waals surface area contributed by atoms with Gasteiger partial charge in [-0.2, -0.15) is 8.78 Å². The van der Waals surface area contributed by atoms with Crippen molar-refractivity contribution < 1.29 is 17.9 Å². The van der Waals surface area contributed by atoms with Gasteiger partial charge in [-0.25, -0.2) is 0 Å². The predicted molar refractivity (Wildman–Crippen MR) is 68.8 cm³/mol. The summed E-state index contributed by atoms with van der Waals surface area (Å²) in [5.74, 6) is 0.719. The van der Waals surface area contributed by atoms with Crippen molar-refractivity contribution in [3.05, 3.63) is 47.4 Å². The van der Waals surface area contributed by atoms with E-state index in [4.69, 9.17) is 16.0 Å². The number of nitrogens with one attached hydrogen (secondary N) is 1. The fourth-order valence-corrected chi connectivity index (χ4v) is 1.87. The van der Waals surface area contributed by atoms with Crippen LogP contribution in [0.4, 0.5) is 14.5 Å². The molecule has 0 aliphatic rings. The minimum absolute atomic E-state index is 0.0483. The molecule has 0 amide bonds. The molecule has 0 aliphatic heterocycles. The highest BCUT2D eigenvalue weighted by Crippen LogP contribution is 2.30. The summed E-state index contributed by atoms with van der Waals surface area (Å²) in [6.45, 7) is -0.977. The highest BCUT2D eigenvalue weighted by Gasteiger charge is 2.11. The van der Waals surface area contributed by atoms with E-state index in [1.54, 1.807) is 18.4 Å². The fourth-order valence-electron chi connectivity index (χ4n) is 1.64. The molecule has 1 unspecified atom stereocenters. The number of hydrogen-bond donors (Lipinski definition) is 1. The van der Waals surface area contributed by atoms with Crippen molar-refractivity contribution >= 4 is 17.3 Å². The number of rotatable bonds is 5. The van der Waals surface area contributed by atoms with Gasteiger partial charge >= 0.3 is 6.61 Å². The van der Waals surface area contributed by atoms with Crippen LogP contribution in [0.15, 0.2) is 41.0 Å². The summed E-state index contributed by atoms with van der Waals surface area (Å²) in [6, 6.07) is 8.11. The molecule has 1 aromatic heterocycles. The van der Waals surface area contributed by atoms with E-state index in [9.17, 15) is 8.78 Å². The van der Waals surface area contributed by atoms with Gasteiger partial charge in [-0.1, -0.05) is 11.6 Å². The summed E-state index contributed by atoms with van der Waals surface area (Å²) in [5.41, 5.74) is 0.690. The van der Waals surface area contributed by atoms with E-state index < -0.39 is 6.61 Å². The van der Waals surface area contributed by atoms with Crippen LogP contribution in [0, 0.1) is 0 Å². The minimum atomic E-state index is -2.89. The van der Waals surface area contributed by atoms with Gasteiger partial charge in [0, 0.05) is 5.69 Å². The van der Waals surface area contributed by atoms with Gasteiger partial charge in [0.1, 0.15) is 11.5 Å². The van der Waals surface area contributed by atoms with Crippen LogP contribution in [0.3, 0.4) is 0 Å². The molecule has 0 saturated heterocycles. The Morgan fingerprint density at radius 3 is 2.68 bits per heavy atom. The second kappa shape index (κ2) is 5.93. The fraction of sp³-hybridized carbons (Fsp3) is 0.231. The molecule has 19 heavy (non-hydrogen) atoms. The van der Waals surface area contributed by atoms with Crippen LogP contribution in [0.1, 0.15) is 18.7 Å². The largest absolute Gasteiger partial charge is 0.467 e. The van der Waals surface area contributed by atoms with Crippen molar-refractivity contribution in [2.24, 2.45) is 0 Å². The molecule has 1 heterocycles. The summed E-state index contributed by atoms with van der Waals surface area (Å²) >= 11 is 5.86. The molecule has 0 spiro atoms. The van der Waals surface area contributed by atoms with Crippen LogP contribution in [-0.4, -0.2) is 6.61 Å². The Hall–Kier alpha value is -1.75. The van der Waals surface area contributed by atoms with Crippen LogP contribution in [-0.2, 0) is 0 Å². The van der Waals surface area contributed by atoms with Crippen LogP contribution >= 0.6 is 11.6 Å². The molecular formula is C13H12ClF2NO2. The van der Waals surface area contributed by atoms with E-state index in [0.717, 1.165) is 5.76 Å². The van der Waals surface area contributed by atoms with Gasteiger partial charge < -0.3 is 14.5 Å². The standard InChI is InChI=1S/C13H12ClF2NO2/c1-8(11-3-2-6-18-11)17-9-4-5-12(10(14)7-9)19-13(15)16/h2-8,13,17H,1H3. The first kappa shape index (κ1) is 13.7. The third-order valence-electron chi connectivity index (χ3n) is 2.50. The zero-order chi connectivity index (χ0) is 13.8. The lowest BCUT2D eigenvalue weighted by molar-refractivity contribution is -0.0497. The number of anilines is 1. The third kappa shape index (κ3) is 3.61. The van der Waals surface area contributed by atoms with E-state index in [1.165, 1.54) is 12.1 Å². The number of furan rings is 1. The van der Waals surface area contributed by atoms with E-state index in [0.29, 0.717) is 5.69 Å². The van der Waals surface area contributed by atoms with Gasteiger partial charge in [0.25, 0.3) is 0 Å². The van der Waals surface area contributed by atoms with Crippen molar-refractivity contribution in [1.29, 1.82) is 0 Å². The average Bonchev–Trinajstić information content (AvgIpc) is 2.86. The Morgan fingerprint density at radius 2 is 2.11 bits per heavy atom. The van der Waals surface area contributed by atoms with Gasteiger partial charge in [0.2, 0.25) is 0 Å². The number of benzene rings is 1. The highest BCUT2D eigenvalue weighted by molar-refractivity contribution is 6.32. The van der Waals surface area contributed by atoms with Gasteiger partial charge in [0.05, 0.1) is 17.3 Å². The molecule has 102 valence electrons. The number of ether oxygens (including phenoxy) is 1. The molecular weight excluding hydrogens is 276 g/mol. The van der Waals surface area contributed by atoms with Crippen LogP contribution < -0.4 is 10.1 Å². The normalized spacial score (nSPS) is 12.5. The van der Waals surface area contributed by atoms with E-state index in [-0.39, 0.29) is 16.8 Å². The van der Waals surface area contributed by atoms with Crippen LogP contribution in [0.5, 0.6) is 5.75 Å². The summed E-state index contributed by atoms with van der Waals surface area (Å²) in [4.78, 5) is 0. The number of hydrogen-bond acceptors (Lipinski definition) is 3. The number of alkyl halides is 2. The van der Waals surface area contributed by atoms with Crippen molar-refractivity contribution in [1.82, 2.24) is 0 Å². The zero-order valence-electron chi connectivity index (χ0n) is 10.1. The highest BCUT2D eigenvalue weighted by atomic mass is 35.5. The lowest BCUT2D eigenvalue weighted by atomic mass is 10.2. The first-order chi connectivity index (χ1) is 9.06. The van der Waals surface area contributed by atoms with Gasteiger partial charge in [0.15, 0.2) is 0 Å². The molecule has 6 heteroatoms. The minimum Gasteiger partial charge on any atom is -0.467 e. The Balaban J connectivity index is 2.07. The van der Waals surface area contributed by atoms with E-state index in [2.05, 4.69) is 10.1 Å². The smallest absolute Gasteiger partial charge is 0.387 e. The van der Waals surface area contributed by atoms with Gasteiger partial charge in [-0.05, 0) is 37.3 Å². The molecule has 3 nitrogen and oxygen atoms in total. The maximum atomic E-state index is 12.1. The Labute approximate surface area is 114 Å². The van der Waals surface area contributed by atoms with Crippen molar-refractivity contribution in [2.75, 3.05) is 5.32 Å². The molecule has 0 bridgehead atoms. The summed E-state index contributed by atoms with van der Waals surface area (Å²) in [5, 5.41) is 3.27.